The Kier molecular flexibility index (Phi) is 12.2. The molecule has 0 radical (unpaired) electrons. The van der Waals surface area contributed by atoms with Crippen molar-refractivity contribution < 1.29 is 27.3 Å². The topological polar surface area (TPSA) is 98.7 Å². The quantitative estimate of drug-likeness (QED) is 0.178. The third-order valence-electron chi connectivity index (χ3n) is 9.57. The largest absolute Gasteiger partial charge is 0.406 e. The summed E-state index contributed by atoms with van der Waals surface area (Å²) < 4.78 is 54.6. The molecule has 3 heterocycles. The molecule has 3 N–H and O–H groups in total. The molecule has 2 aromatic carbocycles. The van der Waals surface area contributed by atoms with Gasteiger partial charge < -0.3 is 30.0 Å². The van der Waals surface area contributed by atoms with E-state index in [4.69, 9.17) is 0 Å². The summed E-state index contributed by atoms with van der Waals surface area (Å²) in [4.78, 5) is 28.3. The van der Waals surface area contributed by atoms with Gasteiger partial charge in [-0.2, -0.15) is 13.2 Å². The zero-order chi connectivity index (χ0) is 35.9. The number of anilines is 2. The monoisotopic (exact) mass is 712 g/mol. The lowest BCUT2D eigenvalue weighted by atomic mass is 9.93. The molecule has 2 amide bonds. The maximum atomic E-state index is 13.7. The lowest BCUT2D eigenvalue weighted by Crippen LogP contribution is -2.47. The second kappa shape index (κ2) is 16.4. The number of nitrogens with one attached hydrogen (secondary N) is 3. The normalized spacial score (nSPS) is 16.6. The van der Waals surface area contributed by atoms with Gasteiger partial charge in [0.1, 0.15) is 13.7 Å². The van der Waals surface area contributed by atoms with Crippen molar-refractivity contribution in [3.63, 3.8) is 0 Å². The highest BCUT2D eigenvalue weighted by molar-refractivity contribution is 7.70. The van der Waals surface area contributed by atoms with Gasteiger partial charge in [0.2, 0.25) is 11.8 Å². The lowest BCUT2D eigenvalue weighted by molar-refractivity contribution is -0.140. The minimum absolute atomic E-state index is 0.0136. The summed E-state index contributed by atoms with van der Waals surface area (Å²) in [7, 11) is -2.36. The number of nitrogens with zero attached hydrogens (tertiary/aromatic N) is 3. The SMILES string of the molecule is CC(=O)NCCC1CCN(C(=O)CN2CCC(Nc3cccc4c3cc(C#CCNc3ccc(P(C)(C)=O)cc3)n4CC(F)(F)F)CC2)CC1. The highest BCUT2D eigenvalue weighted by Gasteiger charge is 2.30. The molecule has 0 saturated carbocycles. The first kappa shape index (κ1) is 37.3. The molecule has 5 rings (SSSR count). The van der Waals surface area contributed by atoms with Gasteiger partial charge in [0.25, 0.3) is 0 Å². The zero-order valence-corrected chi connectivity index (χ0v) is 30.0. The molecule has 0 bridgehead atoms. The van der Waals surface area contributed by atoms with E-state index in [0.29, 0.717) is 29.9 Å². The van der Waals surface area contributed by atoms with Gasteiger partial charge in [0.05, 0.1) is 24.3 Å². The molecule has 3 aromatic rings. The standard InChI is InChI=1S/C37H48F3N6O3P/c1-27(47)41-19-13-28-14-22-45(23-15-28)36(48)25-44-20-16-30(17-21-44)43-34-7-4-8-35-33(34)24-31(46(35)26-37(38,39)40)6-5-18-42-29-9-11-32(12-10-29)50(2,3)49/h4,7-12,24,28,30,42-43H,13-23,25-26H2,1-3H3,(H,41,47). The number of piperidine rings is 2. The maximum absolute atomic E-state index is 13.7. The van der Waals surface area contributed by atoms with Gasteiger partial charge in [-0.1, -0.05) is 12.0 Å². The van der Waals surface area contributed by atoms with Crippen molar-refractivity contribution in [2.45, 2.75) is 57.8 Å². The van der Waals surface area contributed by atoms with Gasteiger partial charge in [-0.15, -0.1) is 0 Å². The number of carbonyl (C=O) groups is 2. The summed E-state index contributed by atoms with van der Waals surface area (Å²) in [5.41, 5.74) is 2.30. The van der Waals surface area contributed by atoms with Crippen LogP contribution >= 0.6 is 7.14 Å². The minimum Gasteiger partial charge on any atom is -0.382 e. The summed E-state index contributed by atoms with van der Waals surface area (Å²) in [6.07, 6.45) is 0.0524. The lowest BCUT2D eigenvalue weighted by Gasteiger charge is -2.36. The third-order valence-corrected chi connectivity index (χ3v) is 11.1. The number of rotatable bonds is 11. The number of benzene rings is 2. The van der Waals surface area contributed by atoms with Crippen LogP contribution in [0.5, 0.6) is 0 Å². The Balaban J connectivity index is 1.17. The number of hydrogen-bond acceptors (Lipinski definition) is 6. The number of carbonyl (C=O) groups excluding carboxylic acids is 2. The van der Waals surface area contributed by atoms with E-state index in [2.05, 4.69) is 32.7 Å². The Bertz CT molecular complexity index is 1740. The molecule has 13 heteroatoms. The molecule has 0 aliphatic carbocycles. The van der Waals surface area contributed by atoms with Crippen LogP contribution in [-0.4, -0.2) is 97.5 Å². The van der Waals surface area contributed by atoms with E-state index < -0.39 is 19.9 Å². The number of likely N-dealkylation sites (tertiary alicyclic amines) is 2. The number of hydrogen-bond donors (Lipinski definition) is 3. The number of alkyl halides is 3. The van der Waals surface area contributed by atoms with E-state index in [1.165, 1.54) is 11.5 Å². The van der Waals surface area contributed by atoms with Crippen LogP contribution in [0.4, 0.5) is 24.5 Å². The summed E-state index contributed by atoms with van der Waals surface area (Å²) >= 11 is 0. The molecular formula is C37H48F3N6O3P. The van der Waals surface area contributed by atoms with E-state index in [1.54, 1.807) is 43.7 Å². The van der Waals surface area contributed by atoms with Gasteiger partial charge in [-0.25, -0.2) is 0 Å². The van der Waals surface area contributed by atoms with E-state index in [1.807, 2.05) is 23.1 Å². The van der Waals surface area contributed by atoms with Crippen molar-refractivity contribution in [3.05, 3.63) is 54.2 Å². The number of fused-ring (bicyclic) bond motifs is 1. The molecule has 0 atom stereocenters. The van der Waals surface area contributed by atoms with Crippen molar-refractivity contribution in [1.29, 1.82) is 0 Å². The number of aromatic nitrogens is 1. The predicted molar refractivity (Wildman–Crippen MR) is 195 cm³/mol. The first-order valence-electron chi connectivity index (χ1n) is 17.3. The van der Waals surface area contributed by atoms with Crippen molar-refractivity contribution in [2.75, 3.05) is 69.8 Å². The van der Waals surface area contributed by atoms with E-state index in [9.17, 15) is 27.3 Å². The Morgan fingerprint density at radius 2 is 1.68 bits per heavy atom. The fraction of sp³-hybridized carbons (Fsp3) is 0.514. The molecule has 0 unspecified atom stereocenters. The summed E-state index contributed by atoms with van der Waals surface area (Å²) in [6.45, 7) is 8.11. The second-order valence-corrected chi connectivity index (χ2v) is 17.0. The van der Waals surface area contributed by atoms with Gasteiger partial charge in [0.15, 0.2) is 0 Å². The summed E-state index contributed by atoms with van der Waals surface area (Å²) in [6, 6.07) is 14.4. The Hall–Kier alpha value is -3.94. The maximum Gasteiger partial charge on any atom is 0.406 e. The van der Waals surface area contributed by atoms with Crippen LogP contribution in [0.15, 0.2) is 48.5 Å². The minimum atomic E-state index is -4.42. The van der Waals surface area contributed by atoms with Crippen LogP contribution in [-0.2, 0) is 20.7 Å². The van der Waals surface area contributed by atoms with Crippen molar-refractivity contribution in [2.24, 2.45) is 5.92 Å². The molecular weight excluding hydrogens is 664 g/mol. The number of amides is 2. The van der Waals surface area contributed by atoms with E-state index in [0.717, 1.165) is 75.0 Å². The fourth-order valence-corrected chi connectivity index (χ4v) is 7.62. The molecule has 2 fully saturated rings. The zero-order valence-electron chi connectivity index (χ0n) is 29.1. The van der Waals surface area contributed by atoms with Gasteiger partial charge in [0, 0.05) is 67.8 Å². The van der Waals surface area contributed by atoms with Crippen LogP contribution in [0.25, 0.3) is 10.9 Å². The molecule has 0 spiro atoms. The highest BCUT2D eigenvalue weighted by atomic mass is 31.2. The van der Waals surface area contributed by atoms with Crippen LogP contribution in [0.2, 0.25) is 0 Å². The van der Waals surface area contributed by atoms with Gasteiger partial charge in [-0.3, -0.25) is 14.5 Å². The third kappa shape index (κ3) is 10.5. The van der Waals surface area contributed by atoms with E-state index >= 15 is 0 Å². The molecule has 50 heavy (non-hydrogen) atoms. The smallest absolute Gasteiger partial charge is 0.382 e. The summed E-state index contributed by atoms with van der Waals surface area (Å²) in [5, 5.41) is 11.0. The Morgan fingerprint density at radius 1 is 0.980 bits per heavy atom. The average molecular weight is 713 g/mol. The first-order valence-corrected chi connectivity index (χ1v) is 19.9. The van der Waals surface area contributed by atoms with Crippen LogP contribution in [0, 0.1) is 17.8 Å². The van der Waals surface area contributed by atoms with Crippen LogP contribution < -0.4 is 21.3 Å². The van der Waals surface area contributed by atoms with Gasteiger partial charge >= 0.3 is 6.18 Å². The van der Waals surface area contributed by atoms with Crippen molar-refractivity contribution >= 4 is 46.5 Å². The van der Waals surface area contributed by atoms with Crippen molar-refractivity contribution in [1.82, 2.24) is 19.7 Å². The molecule has 270 valence electrons. The Labute approximate surface area is 292 Å². The fourth-order valence-electron chi connectivity index (χ4n) is 6.75. The highest BCUT2D eigenvalue weighted by Crippen LogP contribution is 2.35. The Morgan fingerprint density at radius 3 is 2.32 bits per heavy atom. The van der Waals surface area contributed by atoms with Crippen molar-refractivity contribution in [3.8, 4) is 11.8 Å². The first-order chi connectivity index (χ1) is 23.7. The number of halogens is 3. The average Bonchev–Trinajstić information content (AvgIpc) is 3.40. The van der Waals surface area contributed by atoms with Crippen LogP contribution in [0.1, 0.15) is 44.7 Å². The predicted octanol–water partition coefficient (Wildman–Crippen LogP) is 5.56. The van der Waals surface area contributed by atoms with E-state index in [-0.39, 0.29) is 30.1 Å². The second-order valence-electron chi connectivity index (χ2n) is 13.8. The van der Waals surface area contributed by atoms with Crippen LogP contribution in [0.3, 0.4) is 0 Å². The molecule has 2 aliphatic heterocycles. The molecule has 9 nitrogen and oxygen atoms in total. The molecule has 1 aromatic heterocycles. The van der Waals surface area contributed by atoms with Gasteiger partial charge in [-0.05, 0) is 99.7 Å². The summed E-state index contributed by atoms with van der Waals surface area (Å²) in [5.74, 6) is 6.58. The molecule has 2 aliphatic rings. The molecule has 2 saturated heterocycles.